The molecule has 1 saturated heterocycles. The molecule has 0 aromatic heterocycles. The van der Waals surface area contributed by atoms with Gasteiger partial charge in [0, 0.05) is 12.2 Å². The topological polar surface area (TPSA) is 67.9 Å². The number of rotatable bonds is 5. The van der Waals surface area contributed by atoms with Crippen LogP contribution in [0.15, 0.2) is 42.5 Å². The van der Waals surface area contributed by atoms with Crippen molar-refractivity contribution in [2.45, 2.75) is 20.0 Å². The molecule has 1 aliphatic heterocycles. The van der Waals surface area contributed by atoms with Gasteiger partial charge >= 0.3 is 0 Å². The van der Waals surface area contributed by atoms with E-state index in [0.29, 0.717) is 24.4 Å². The van der Waals surface area contributed by atoms with Crippen LogP contribution in [0.2, 0.25) is 0 Å². The number of hydrogen-bond donors (Lipinski definition) is 1. The van der Waals surface area contributed by atoms with Crippen molar-refractivity contribution in [2.75, 3.05) is 31.7 Å². The zero-order valence-electron chi connectivity index (χ0n) is 15.8. The molecule has 3 rings (SSSR count). The molecule has 1 atom stereocenters. The van der Waals surface area contributed by atoms with E-state index in [1.165, 1.54) is 12.7 Å². The van der Waals surface area contributed by atoms with Crippen molar-refractivity contribution >= 4 is 17.5 Å². The lowest BCUT2D eigenvalue weighted by atomic mass is 10.1. The van der Waals surface area contributed by atoms with Gasteiger partial charge in [0.2, 0.25) is 0 Å². The molecule has 1 heterocycles. The number of ether oxygens (including phenoxy) is 2. The number of hydrogen-bond acceptors (Lipinski definition) is 4. The van der Waals surface area contributed by atoms with Gasteiger partial charge in [0.05, 0.1) is 25.3 Å². The summed E-state index contributed by atoms with van der Waals surface area (Å²) in [4.78, 5) is 26.4. The Labute approximate surface area is 159 Å². The lowest BCUT2D eigenvalue weighted by molar-refractivity contribution is -0.129. The Bertz CT molecular complexity index is 850. The molecular weight excluding hydrogens is 344 g/mol. The summed E-state index contributed by atoms with van der Waals surface area (Å²) in [6.07, 6.45) is -0.275. The third kappa shape index (κ3) is 4.28. The predicted octanol–water partition coefficient (Wildman–Crippen LogP) is 2.47. The normalized spacial score (nSPS) is 16.9. The number of anilines is 1. The van der Waals surface area contributed by atoms with Crippen molar-refractivity contribution in [1.82, 2.24) is 5.32 Å². The molecule has 0 aliphatic carbocycles. The van der Waals surface area contributed by atoms with Gasteiger partial charge in [-0.15, -0.1) is 0 Å². The van der Waals surface area contributed by atoms with Crippen LogP contribution in [0.4, 0.5) is 5.69 Å². The number of methoxy groups -OCH3 is 1. The molecule has 0 saturated carbocycles. The lowest BCUT2D eigenvalue weighted by Gasteiger charge is -2.33. The molecule has 0 radical (unpaired) electrons. The van der Waals surface area contributed by atoms with Crippen LogP contribution in [-0.4, -0.2) is 44.7 Å². The summed E-state index contributed by atoms with van der Waals surface area (Å²) in [5.74, 6) is 0.211. The Morgan fingerprint density at radius 1 is 1.22 bits per heavy atom. The number of aryl methyl sites for hydroxylation is 2. The molecule has 2 aromatic rings. The SMILES string of the molecule is COc1ccccc1C(=O)NCC1CN(c2ccc(C)c(C)c2)C(=O)CO1. The standard InChI is InChI=1S/C21H24N2O4/c1-14-8-9-16(10-15(14)2)23-12-17(27-13-20(23)24)11-22-21(25)18-6-4-5-7-19(18)26-3/h4-10,17H,11-13H2,1-3H3,(H,22,25). The summed E-state index contributed by atoms with van der Waals surface area (Å²) in [5, 5.41) is 2.87. The van der Waals surface area contributed by atoms with Crippen molar-refractivity contribution in [1.29, 1.82) is 0 Å². The van der Waals surface area contributed by atoms with Crippen LogP contribution in [-0.2, 0) is 9.53 Å². The molecule has 0 bridgehead atoms. The molecule has 2 aromatic carbocycles. The first-order chi connectivity index (χ1) is 13.0. The summed E-state index contributed by atoms with van der Waals surface area (Å²) in [5.41, 5.74) is 3.64. The van der Waals surface area contributed by atoms with E-state index in [0.717, 1.165) is 11.3 Å². The molecule has 27 heavy (non-hydrogen) atoms. The fourth-order valence-electron chi connectivity index (χ4n) is 3.03. The molecule has 142 valence electrons. The van der Waals surface area contributed by atoms with Gasteiger partial charge in [-0.1, -0.05) is 18.2 Å². The van der Waals surface area contributed by atoms with Gasteiger partial charge < -0.3 is 19.7 Å². The Morgan fingerprint density at radius 2 is 2.00 bits per heavy atom. The van der Waals surface area contributed by atoms with E-state index >= 15 is 0 Å². The van der Waals surface area contributed by atoms with Gasteiger partial charge in [0.1, 0.15) is 12.4 Å². The quantitative estimate of drug-likeness (QED) is 0.880. The minimum atomic E-state index is -0.275. The van der Waals surface area contributed by atoms with E-state index in [2.05, 4.69) is 5.32 Å². The van der Waals surface area contributed by atoms with Crippen molar-refractivity contribution < 1.29 is 19.1 Å². The largest absolute Gasteiger partial charge is 0.496 e. The number of nitrogens with zero attached hydrogens (tertiary/aromatic N) is 1. The van der Waals surface area contributed by atoms with Gasteiger partial charge in [0.15, 0.2) is 0 Å². The summed E-state index contributed by atoms with van der Waals surface area (Å²) >= 11 is 0. The van der Waals surface area contributed by atoms with Crippen molar-refractivity contribution in [2.24, 2.45) is 0 Å². The number of nitrogens with one attached hydrogen (secondary N) is 1. The first kappa shape index (κ1) is 18.9. The maximum Gasteiger partial charge on any atom is 0.255 e. The maximum atomic E-state index is 12.4. The van der Waals surface area contributed by atoms with Crippen LogP contribution in [0.3, 0.4) is 0 Å². The predicted molar refractivity (Wildman–Crippen MR) is 103 cm³/mol. The number of benzene rings is 2. The summed E-state index contributed by atoms with van der Waals surface area (Å²) in [6, 6.07) is 13.0. The van der Waals surface area contributed by atoms with Gasteiger partial charge in [-0.05, 0) is 49.2 Å². The molecule has 0 spiro atoms. The third-order valence-corrected chi connectivity index (χ3v) is 4.77. The molecule has 1 unspecified atom stereocenters. The van der Waals surface area contributed by atoms with Gasteiger partial charge in [0.25, 0.3) is 11.8 Å². The van der Waals surface area contributed by atoms with E-state index in [9.17, 15) is 9.59 Å². The second kappa shape index (κ2) is 8.22. The van der Waals surface area contributed by atoms with Crippen LogP contribution in [0.25, 0.3) is 0 Å². The maximum absolute atomic E-state index is 12.4. The van der Waals surface area contributed by atoms with Gasteiger partial charge in [-0.2, -0.15) is 0 Å². The highest BCUT2D eigenvalue weighted by molar-refractivity contribution is 5.97. The minimum absolute atomic E-state index is 0.00210. The monoisotopic (exact) mass is 368 g/mol. The first-order valence-electron chi connectivity index (χ1n) is 8.90. The molecule has 2 amide bonds. The van der Waals surface area contributed by atoms with E-state index in [-0.39, 0.29) is 24.5 Å². The van der Waals surface area contributed by atoms with Crippen LogP contribution in [0.5, 0.6) is 5.75 Å². The second-order valence-corrected chi connectivity index (χ2v) is 6.62. The first-order valence-corrected chi connectivity index (χ1v) is 8.90. The van der Waals surface area contributed by atoms with Gasteiger partial charge in [-0.25, -0.2) is 0 Å². The Hall–Kier alpha value is -2.86. The Balaban J connectivity index is 1.65. The molecule has 6 nitrogen and oxygen atoms in total. The summed E-state index contributed by atoms with van der Waals surface area (Å²) in [7, 11) is 1.53. The van der Waals surface area contributed by atoms with E-state index in [1.807, 2.05) is 38.1 Å². The number of carbonyl (C=O) groups excluding carboxylic acids is 2. The molecular formula is C21H24N2O4. The average molecular weight is 368 g/mol. The molecule has 1 N–H and O–H groups in total. The van der Waals surface area contributed by atoms with Crippen molar-refractivity contribution in [3.05, 3.63) is 59.2 Å². The fourth-order valence-corrected chi connectivity index (χ4v) is 3.03. The molecule has 1 fully saturated rings. The van der Waals surface area contributed by atoms with Crippen LogP contribution in [0.1, 0.15) is 21.5 Å². The van der Waals surface area contributed by atoms with E-state index in [4.69, 9.17) is 9.47 Å². The van der Waals surface area contributed by atoms with E-state index in [1.54, 1.807) is 23.1 Å². The average Bonchev–Trinajstić information content (AvgIpc) is 2.69. The Morgan fingerprint density at radius 3 is 2.74 bits per heavy atom. The van der Waals surface area contributed by atoms with Crippen LogP contribution in [0, 0.1) is 13.8 Å². The number of morpholine rings is 1. The smallest absolute Gasteiger partial charge is 0.255 e. The summed E-state index contributed by atoms with van der Waals surface area (Å²) in [6.45, 7) is 4.77. The number of amides is 2. The zero-order chi connectivity index (χ0) is 19.4. The number of carbonyl (C=O) groups is 2. The van der Waals surface area contributed by atoms with Crippen LogP contribution < -0.4 is 15.0 Å². The van der Waals surface area contributed by atoms with Crippen LogP contribution >= 0.6 is 0 Å². The minimum Gasteiger partial charge on any atom is -0.496 e. The lowest BCUT2D eigenvalue weighted by Crippen LogP contribution is -2.50. The third-order valence-electron chi connectivity index (χ3n) is 4.77. The highest BCUT2D eigenvalue weighted by Crippen LogP contribution is 2.22. The highest BCUT2D eigenvalue weighted by atomic mass is 16.5. The van der Waals surface area contributed by atoms with Gasteiger partial charge in [-0.3, -0.25) is 9.59 Å². The number of para-hydroxylation sites is 1. The fraction of sp³-hybridized carbons (Fsp3) is 0.333. The van der Waals surface area contributed by atoms with Crippen molar-refractivity contribution in [3.8, 4) is 5.75 Å². The second-order valence-electron chi connectivity index (χ2n) is 6.62. The van der Waals surface area contributed by atoms with E-state index < -0.39 is 0 Å². The zero-order valence-corrected chi connectivity index (χ0v) is 15.8. The Kier molecular flexibility index (Phi) is 5.76. The molecule has 6 heteroatoms. The highest BCUT2D eigenvalue weighted by Gasteiger charge is 2.28. The van der Waals surface area contributed by atoms with Crippen molar-refractivity contribution in [3.63, 3.8) is 0 Å². The molecule has 1 aliphatic rings. The summed E-state index contributed by atoms with van der Waals surface area (Å²) < 4.78 is 10.8.